The van der Waals surface area contributed by atoms with Gasteiger partial charge in [-0.3, -0.25) is 0 Å². The summed E-state index contributed by atoms with van der Waals surface area (Å²) in [5, 5.41) is 4.65. The third-order valence-electron chi connectivity index (χ3n) is 5.33. The first-order valence-electron chi connectivity index (χ1n) is 9.65. The van der Waals surface area contributed by atoms with Gasteiger partial charge in [-0.15, -0.1) is 0 Å². The van der Waals surface area contributed by atoms with Crippen LogP contribution in [0.4, 0.5) is 0 Å². The molecule has 1 spiro atoms. The molecule has 4 rings (SSSR count). The molecule has 0 aliphatic carbocycles. The number of benzene rings is 1. The van der Waals surface area contributed by atoms with Crippen molar-refractivity contribution in [1.29, 1.82) is 0 Å². The quantitative estimate of drug-likeness (QED) is 0.785. The van der Waals surface area contributed by atoms with Gasteiger partial charge in [0.1, 0.15) is 4.90 Å². The summed E-state index contributed by atoms with van der Waals surface area (Å²) in [7, 11) is -3.67. The summed E-state index contributed by atoms with van der Waals surface area (Å²) in [5.74, 6) is -0.604. The standard InChI is InChI=1S/C20H27N3O4S/c1-19(2,3)18-17(15-23(21-18)16-7-5-4-6-8-16)28(24,25)22-11-9-20(10-12-22)26-13-14-27-20/h4-8,15H,9-14H2,1-3H3. The first kappa shape index (κ1) is 19.6. The van der Waals surface area contributed by atoms with E-state index in [1.54, 1.807) is 10.9 Å². The van der Waals surface area contributed by atoms with Gasteiger partial charge in [-0.1, -0.05) is 39.0 Å². The molecule has 0 saturated carbocycles. The Balaban J connectivity index is 1.68. The molecule has 0 unspecified atom stereocenters. The molecule has 2 aliphatic rings. The largest absolute Gasteiger partial charge is 0.347 e. The molecule has 0 radical (unpaired) electrons. The van der Waals surface area contributed by atoms with E-state index in [0.29, 0.717) is 44.8 Å². The van der Waals surface area contributed by atoms with Gasteiger partial charge in [0.05, 0.1) is 30.8 Å². The predicted molar refractivity (Wildman–Crippen MR) is 105 cm³/mol. The van der Waals surface area contributed by atoms with Gasteiger partial charge in [-0.05, 0) is 12.1 Å². The molecule has 0 bridgehead atoms. The van der Waals surface area contributed by atoms with E-state index in [0.717, 1.165) is 5.69 Å². The summed E-state index contributed by atoms with van der Waals surface area (Å²) >= 11 is 0. The van der Waals surface area contributed by atoms with Gasteiger partial charge in [-0.25, -0.2) is 13.1 Å². The van der Waals surface area contributed by atoms with E-state index in [4.69, 9.17) is 9.47 Å². The number of rotatable bonds is 3. The molecule has 2 fully saturated rings. The average molecular weight is 406 g/mol. The van der Waals surface area contributed by atoms with Crippen molar-refractivity contribution >= 4 is 10.0 Å². The van der Waals surface area contributed by atoms with Crippen LogP contribution in [0.3, 0.4) is 0 Å². The van der Waals surface area contributed by atoms with Crippen LogP contribution in [0.25, 0.3) is 5.69 Å². The van der Waals surface area contributed by atoms with Crippen LogP contribution in [0, 0.1) is 0 Å². The second-order valence-electron chi connectivity index (χ2n) is 8.38. The Morgan fingerprint density at radius 3 is 2.21 bits per heavy atom. The lowest BCUT2D eigenvalue weighted by Crippen LogP contribution is -2.47. The Bertz CT molecular complexity index is 932. The Morgan fingerprint density at radius 2 is 1.64 bits per heavy atom. The molecule has 3 heterocycles. The summed E-state index contributed by atoms with van der Waals surface area (Å²) < 4.78 is 41.6. The molecule has 152 valence electrons. The van der Waals surface area contributed by atoms with Gasteiger partial charge in [0.15, 0.2) is 5.79 Å². The number of ether oxygens (including phenoxy) is 2. The van der Waals surface area contributed by atoms with E-state index in [-0.39, 0.29) is 4.90 Å². The number of para-hydroxylation sites is 1. The lowest BCUT2D eigenvalue weighted by atomic mass is 9.92. The number of aromatic nitrogens is 2. The van der Waals surface area contributed by atoms with Gasteiger partial charge < -0.3 is 9.47 Å². The summed E-state index contributed by atoms with van der Waals surface area (Å²) in [6.45, 7) is 7.85. The van der Waals surface area contributed by atoms with Crippen LogP contribution in [0.2, 0.25) is 0 Å². The van der Waals surface area contributed by atoms with Gasteiger partial charge in [0.2, 0.25) is 10.0 Å². The Morgan fingerprint density at radius 1 is 1.04 bits per heavy atom. The smallest absolute Gasteiger partial charge is 0.246 e. The zero-order chi connectivity index (χ0) is 20.0. The van der Waals surface area contributed by atoms with Crippen molar-refractivity contribution in [1.82, 2.24) is 14.1 Å². The van der Waals surface area contributed by atoms with Crippen LogP contribution in [0.15, 0.2) is 41.4 Å². The van der Waals surface area contributed by atoms with Gasteiger partial charge in [0.25, 0.3) is 0 Å². The molecule has 7 nitrogen and oxygen atoms in total. The highest BCUT2D eigenvalue weighted by molar-refractivity contribution is 7.89. The number of sulfonamides is 1. The first-order valence-corrected chi connectivity index (χ1v) is 11.1. The summed E-state index contributed by atoms with van der Waals surface area (Å²) in [4.78, 5) is 0.271. The van der Waals surface area contributed by atoms with Gasteiger partial charge in [0, 0.05) is 31.3 Å². The minimum absolute atomic E-state index is 0.271. The number of hydrogen-bond acceptors (Lipinski definition) is 5. The van der Waals surface area contributed by atoms with Crippen LogP contribution in [-0.4, -0.2) is 54.6 Å². The molecule has 0 amide bonds. The third-order valence-corrected chi connectivity index (χ3v) is 7.23. The highest BCUT2D eigenvalue weighted by atomic mass is 32.2. The van der Waals surface area contributed by atoms with Crippen molar-refractivity contribution in [3.05, 3.63) is 42.2 Å². The Kier molecular flexibility index (Phi) is 4.86. The van der Waals surface area contributed by atoms with E-state index in [2.05, 4.69) is 5.10 Å². The Hall–Kier alpha value is -1.74. The SMILES string of the molecule is CC(C)(C)c1nn(-c2ccccc2)cc1S(=O)(=O)N1CCC2(CC1)OCCO2. The third kappa shape index (κ3) is 3.50. The van der Waals surface area contributed by atoms with Crippen molar-refractivity contribution in [2.45, 2.75) is 49.7 Å². The minimum atomic E-state index is -3.67. The van der Waals surface area contributed by atoms with E-state index < -0.39 is 21.2 Å². The van der Waals surface area contributed by atoms with Crippen molar-refractivity contribution in [2.24, 2.45) is 0 Å². The van der Waals surface area contributed by atoms with Crippen LogP contribution < -0.4 is 0 Å². The second kappa shape index (κ2) is 6.95. The fraction of sp³-hybridized carbons (Fsp3) is 0.550. The number of hydrogen-bond donors (Lipinski definition) is 0. The van der Waals surface area contributed by atoms with E-state index in [9.17, 15) is 8.42 Å². The maximum Gasteiger partial charge on any atom is 0.246 e. The molecule has 2 saturated heterocycles. The fourth-order valence-corrected chi connectivity index (χ4v) is 5.54. The van der Waals surface area contributed by atoms with Gasteiger partial charge in [-0.2, -0.15) is 9.40 Å². The zero-order valence-electron chi connectivity index (χ0n) is 16.6. The molecule has 0 N–H and O–H groups in total. The number of piperidine rings is 1. The molecular weight excluding hydrogens is 378 g/mol. The second-order valence-corrected chi connectivity index (χ2v) is 10.3. The molecule has 1 aromatic heterocycles. The summed E-state index contributed by atoms with van der Waals surface area (Å²) in [5.41, 5.74) is 1.00. The molecule has 0 atom stereocenters. The number of nitrogens with zero attached hydrogens (tertiary/aromatic N) is 3. The Labute approximate surface area is 166 Å². The summed E-state index contributed by atoms with van der Waals surface area (Å²) in [6, 6.07) is 9.57. The monoisotopic (exact) mass is 405 g/mol. The fourth-order valence-electron chi connectivity index (χ4n) is 3.77. The van der Waals surface area contributed by atoms with E-state index in [1.807, 2.05) is 51.1 Å². The maximum atomic E-state index is 13.5. The average Bonchev–Trinajstić information content (AvgIpc) is 3.31. The molecule has 1 aromatic carbocycles. The van der Waals surface area contributed by atoms with Crippen molar-refractivity contribution in [2.75, 3.05) is 26.3 Å². The highest BCUT2D eigenvalue weighted by Crippen LogP contribution is 2.36. The van der Waals surface area contributed by atoms with E-state index >= 15 is 0 Å². The zero-order valence-corrected chi connectivity index (χ0v) is 17.4. The highest BCUT2D eigenvalue weighted by Gasteiger charge is 2.44. The normalized spacial score (nSPS) is 20.7. The van der Waals surface area contributed by atoms with E-state index in [1.165, 1.54) is 4.31 Å². The first-order chi connectivity index (χ1) is 13.2. The predicted octanol–water partition coefficient (Wildman–Crippen LogP) is 2.70. The maximum absolute atomic E-state index is 13.5. The molecule has 2 aromatic rings. The van der Waals surface area contributed by atoms with Crippen molar-refractivity contribution in [3.63, 3.8) is 0 Å². The van der Waals surface area contributed by atoms with Crippen LogP contribution in [0.5, 0.6) is 0 Å². The topological polar surface area (TPSA) is 73.7 Å². The lowest BCUT2D eigenvalue weighted by molar-refractivity contribution is -0.179. The molecular formula is C20H27N3O4S. The molecule has 8 heteroatoms. The van der Waals surface area contributed by atoms with Crippen LogP contribution in [0.1, 0.15) is 39.3 Å². The lowest BCUT2D eigenvalue weighted by Gasteiger charge is -2.37. The van der Waals surface area contributed by atoms with Crippen LogP contribution >= 0.6 is 0 Å². The summed E-state index contributed by atoms with van der Waals surface area (Å²) in [6.07, 6.45) is 2.73. The van der Waals surface area contributed by atoms with Gasteiger partial charge >= 0.3 is 0 Å². The minimum Gasteiger partial charge on any atom is -0.347 e. The van der Waals surface area contributed by atoms with Crippen LogP contribution in [-0.2, 0) is 24.9 Å². The van der Waals surface area contributed by atoms with Crippen molar-refractivity contribution in [3.8, 4) is 5.69 Å². The molecule has 2 aliphatic heterocycles. The van der Waals surface area contributed by atoms with Crippen molar-refractivity contribution < 1.29 is 17.9 Å². The molecule has 28 heavy (non-hydrogen) atoms.